The van der Waals surface area contributed by atoms with E-state index in [1.807, 2.05) is 6.92 Å². The van der Waals surface area contributed by atoms with Gasteiger partial charge >= 0.3 is 0 Å². The van der Waals surface area contributed by atoms with Gasteiger partial charge in [0.25, 0.3) is 0 Å². The van der Waals surface area contributed by atoms with Gasteiger partial charge in [-0.15, -0.1) is 0 Å². The molecule has 1 N–H and O–H groups in total. The molecule has 1 fully saturated rings. The van der Waals surface area contributed by atoms with Crippen molar-refractivity contribution in [3.63, 3.8) is 0 Å². The summed E-state index contributed by atoms with van der Waals surface area (Å²) >= 11 is 0. The summed E-state index contributed by atoms with van der Waals surface area (Å²) in [6.45, 7) is 3.65. The first kappa shape index (κ1) is 13.9. The van der Waals surface area contributed by atoms with Gasteiger partial charge in [0.15, 0.2) is 11.6 Å². The number of anilines is 1. The van der Waals surface area contributed by atoms with Crippen LogP contribution in [0.15, 0.2) is 18.2 Å². The second-order valence-electron chi connectivity index (χ2n) is 4.89. The van der Waals surface area contributed by atoms with E-state index in [0.29, 0.717) is 0 Å². The summed E-state index contributed by atoms with van der Waals surface area (Å²) in [6, 6.07) is 3.11. The van der Waals surface area contributed by atoms with Gasteiger partial charge in [-0.2, -0.15) is 0 Å². The Morgan fingerprint density at radius 2 is 1.89 bits per heavy atom. The molecule has 1 saturated heterocycles. The summed E-state index contributed by atoms with van der Waals surface area (Å²) in [4.78, 5) is 14.1. The Hall–Kier alpha value is -1.49. The summed E-state index contributed by atoms with van der Waals surface area (Å²) in [5, 5.41) is 2.62. The minimum Gasteiger partial charge on any atom is -0.325 e. The highest BCUT2D eigenvalue weighted by atomic mass is 19.2. The van der Waals surface area contributed by atoms with E-state index in [1.54, 1.807) is 0 Å². The van der Waals surface area contributed by atoms with Gasteiger partial charge in [0.2, 0.25) is 5.91 Å². The van der Waals surface area contributed by atoms with E-state index in [-0.39, 0.29) is 17.6 Å². The molecule has 5 heteroatoms. The minimum absolute atomic E-state index is 0.187. The van der Waals surface area contributed by atoms with Crippen LogP contribution in [-0.4, -0.2) is 29.9 Å². The fourth-order valence-electron chi connectivity index (χ4n) is 2.29. The van der Waals surface area contributed by atoms with E-state index in [2.05, 4.69) is 10.2 Å². The zero-order valence-corrected chi connectivity index (χ0v) is 11.0. The Kier molecular flexibility index (Phi) is 4.47. The van der Waals surface area contributed by atoms with Crippen LogP contribution >= 0.6 is 0 Å². The van der Waals surface area contributed by atoms with Gasteiger partial charge in [-0.05, 0) is 45.0 Å². The molecular formula is C14H18F2N2O. The number of hydrogen-bond donors (Lipinski definition) is 1. The van der Waals surface area contributed by atoms with Crippen LogP contribution < -0.4 is 5.32 Å². The second kappa shape index (κ2) is 6.10. The molecule has 0 saturated carbocycles. The SMILES string of the molecule is C[C@@H](C(=O)Nc1ccc(F)c(F)c1)N1CCCCC1. The molecule has 1 aromatic rings. The number of hydrogen-bond acceptors (Lipinski definition) is 2. The molecular weight excluding hydrogens is 250 g/mol. The number of halogens is 2. The molecule has 0 aromatic heterocycles. The molecule has 0 radical (unpaired) electrons. The van der Waals surface area contributed by atoms with Gasteiger partial charge in [0, 0.05) is 11.8 Å². The van der Waals surface area contributed by atoms with Crippen molar-refractivity contribution < 1.29 is 13.6 Å². The molecule has 1 aliphatic rings. The monoisotopic (exact) mass is 268 g/mol. The van der Waals surface area contributed by atoms with Crippen molar-refractivity contribution in [3.8, 4) is 0 Å². The standard InChI is InChI=1S/C14H18F2N2O/c1-10(18-7-3-2-4-8-18)14(19)17-11-5-6-12(15)13(16)9-11/h5-6,9-10H,2-4,7-8H2,1H3,(H,17,19)/t10-/m0/s1. The van der Waals surface area contributed by atoms with Crippen molar-refractivity contribution in [2.45, 2.75) is 32.2 Å². The largest absolute Gasteiger partial charge is 0.325 e. The summed E-state index contributed by atoms with van der Waals surface area (Å²) in [7, 11) is 0. The molecule has 0 spiro atoms. The average molecular weight is 268 g/mol. The number of piperidine rings is 1. The molecule has 1 aliphatic heterocycles. The number of nitrogens with zero attached hydrogens (tertiary/aromatic N) is 1. The van der Waals surface area contributed by atoms with E-state index in [9.17, 15) is 13.6 Å². The first-order valence-electron chi connectivity index (χ1n) is 6.58. The van der Waals surface area contributed by atoms with Crippen LogP contribution in [-0.2, 0) is 4.79 Å². The van der Waals surface area contributed by atoms with Gasteiger partial charge in [-0.3, -0.25) is 9.69 Å². The van der Waals surface area contributed by atoms with Crippen LogP contribution in [0.4, 0.5) is 14.5 Å². The van der Waals surface area contributed by atoms with Crippen LogP contribution in [0.2, 0.25) is 0 Å². The van der Waals surface area contributed by atoms with E-state index in [4.69, 9.17) is 0 Å². The maximum atomic E-state index is 13.0. The fourth-order valence-corrected chi connectivity index (χ4v) is 2.29. The van der Waals surface area contributed by atoms with Crippen LogP contribution in [0, 0.1) is 11.6 Å². The lowest BCUT2D eigenvalue weighted by atomic mass is 10.1. The molecule has 1 atom stereocenters. The lowest BCUT2D eigenvalue weighted by Crippen LogP contribution is -2.44. The Balaban J connectivity index is 1.97. The van der Waals surface area contributed by atoms with Crippen molar-refractivity contribution in [2.24, 2.45) is 0 Å². The highest BCUT2D eigenvalue weighted by molar-refractivity contribution is 5.94. The molecule has 0 bridgehead atoms. The lowest BCUT2D eigenvalue weighted by molar-refractivity contribution is -0.121. The normalized spacial score (nSPS) is 18.1. The summed E-state index contributed by atoms with van der Waals surface area (Å²) in [5.41, 5.74) is 0.285. The van der Waals surface area contributed by atoms with E-state index >= 15 is 0 Å². The number of rotatable bonds is 3. The first-order chi connectivity index (χ1) is 9.08. The lowest BCUT2D eigenvalue weighted by Gasteiger charge is -2.31. The number of benzene rings is 1. The quantitative estimate of drug-likeness (QED) is 0.914. The number of likely N-dealkylation sites (tertiary alicyclic amines) is 1. The molecule has 1 amide bonds. The van der Waals surface area contributed by atoms with E-state index in [1.165, 1.54) is 12.5 Å². The molecule has 1 aromatic carbocycles. The second-order valence-corrected chi connectivity index (χ2v) is 4.89. The highest BCUT2D eigenvalue weighted by Crippen LogP contribution is 2.16. The van der Waals surface area contributed by atoms with Gasteiger partial charge < -0.3 is 5.32 Å². The Labute approximate surface area is 111 Å². The highest BCUT2D eigenvalue weighted by Gasteiger charge is 2.22. The van der Waals surface area contributed by atoms with Crippen molar-refractivity contribution in [2.75, 3.05) is 18.4 Å². The molecule has 3 nitrogen and oxygen atoms in total. The summed E-state index contributed by atoms with van der Waals surface area (Å²) < 4.78 is 25.8. The average Bonchev–Trinajstić information content (AvgIpc) is 2.43. The predicted molar refractivity (Wildman–Crippen MR) is 69.9 cm³/mol. The zero-order valence-electron chi connectivity index (χ0n) is 11.0. The molecule has 1 heterocycles. The van der Waals surface area contributed by atoms with E-state index < -0.39 is 11.6 Å². The summed E-state index contributed by atoms with van der Waals surface area (Å²) in [5.74, 6) is -2.06. The van der Waals surface area contributed by atoms with E-state index in [0.717, 1.165) is 38.1 Å². The third kappa shape index (κ3) is 3.50. The van der Waals surface area contributed by atoms with Crippen molar-refractivity contribution in [1.82, 2.24) is 4.90 Å². The van der Waals surface area contributed by atoms with Crippen LogP contribution in [0.25, 0.3) is 0 Å². The predicted octanol–water partition coefficient (Wildman–Crippen LogP) is 2.78. The first-order valence-corrected chi connectivity index (χ1v) is 6.58. The van der Waals surface area contributed by atoms with Crippen LogP contribution in [0.5, 0.6) is 0 Å². The Bertz CT molecular complexity index is 459. The number of nitrogens with one attached hydrogen (secondary N) is 1. The van der Waals surface area contributed by atoms with Crippen LogP contribution in [0.3, 0.4) is 0 Å². The topological polar surface area (TPSA) is 32.3 Å². The molecule has 0 unspecified atom stereocenters. The zero-order chi connectivity index (χ0) is 13.8. The Morgan fingerprint density at radius 3 is 2.53 bits per heavy atom. The molecule has 0 aliphatic carbocycles. The maximum absolute atomic E-state index is 13.0. The third-order valence-electron chi connectivity index (χ3n) is 3.50. The minimum atomic E-state index is -0.955. The third-order valence-corrected chi connectivity index (χ3v) is 3.50. The maximum Gasteiger partial charge on any atom is 0.241 e. The number of carbonyl (C=O) groups is 1. The van der Waals surface area contributed by atoms with Gasteiger partial charge in [-0.25, -0.2) is 8.78 Å². The molecule has 19 heavy (non-hydrogen) atoms. The van der Waals surface area contributed by atoms with Crippen LogP contribution in [0.1, 0.15) is 26.2 Å². The van der Waals surface area contributed by atoms with Crippen molar-refractivity contribution in [3.05, 3.63) is 29.8 Å². The van der Waals surface area contributed by atoms with Crippen molar-refractivity contribution in [1.29, 1.82) is 0 Å². The fraction of sp³-hybridized carbons (Fsp3) is 0.500. The number of amides is 1. The van der Waals surface area contributed by atoms with Crippen molar-refractivity contribution >= 4 is 11.6 Å². The van der Waals surface area contributed by atoms with Gasteiger partial charge in [-0.1, -0.05) is 6.42 Å². The smallest absolute Gasteiger partial charge is 0.241 e. The van der Waals surface area contributed by atoms with Gasteiger partial charge in [0.1, 0.15) is 0 Å². The summed E-state index contributed by atoms with van der Waals surface area (Å²) in [6.07, 6.45) is 3.40. The number of carbonyl (C=O) groups excluding carboxylic acids is 1. The molecule has 2 rings (SSSR count). The Morgan fingerprint density at radius 1 is 1.21 bits per heavy atom. The van der Waals surface area contributed by atoms with Gasteiger partial charge in [0.05, 0.1) is 6.04 Å². The molecule has 104 valence electrons.